The highest BCUT2D eigenvalue weighted by Gasteiger charge is 2.19. The zero-order chi connectivity index (χ0) is 26.2. The number of hydrogen-bond donors (Lipinski definition) is 1. The summed E-state index contributed by atoms with van der Waals surface area (Å²) in [6, 6.07) is 16.6. The first-order chi connectivity index (χ1) is 17.2. The van der Waals surface area contributed by atoms with Crippen molar-refractivity contribution in [3.05, 3.63) is 87.4 Å². The number of rotatable bonds is 8. The molecule has 0 heterocycles. The van der Waals surface area contributed by atoms with E-state index in [-0.39, 0.29) is 18.3 Å². The molecule has 0 spiro atoms. The Balaban J connectivity index is 1.91. The van der Waals surface area contributed by atoms with Gasteiger partial charge in [-0.3, -0.25) is 10.1 Å². The van der Waals surface area contributed by atoms with E-state index in [1.807, 2.05) is 0 Å². The molecule has 0 aliphatic carbocycles. The number of methoxy groups -OCH3 is 2. The molecule has 10 heteroatoms. The van der Waals surface area contributed by atoms with Crippen molar-refractivity contribution in [1.82, 2.24) is 5.32 Å². The van der Waals surface area contributed by atoms with Crippen molar-refractivity contribution in [1.29, 1.82) is 0 Å². The molecular weight excluding hydrogens is 523 g/mol. The molecule has 1 amide bonds. The molecule has 0 fully saturated rings. The van der Waals surface area contributed by atoms with E-state index in [1.54, 1.807) is 72.5 Å². The van der Waals surface area contributed by atoms with Crippen LogP contribution >= 0.6 is 35.4 Å². The summed E-state index contributed by atoms with van der Waals surface area (Å²) in [7, 11) is 3.00. The molecule has 7 nitrogen and oxygen atoms in total. The molecule has 36 heavy (non-hydrogen) atoms. The van der Waals surface area contributed by atoms with Gasteiger partial charge in [0.25, 0.3) is 5.91 Å². The number of carbonyl (C=O) groups is 2. The van der Waals surface area contributed by atoms with Gasteiger partial charge in [0.05, 0.1) is 32.9 Å². The van der Waals surface area contributed by atoms with Crippen molar-refractivity contribution in [2.45, 2.75) is 13.5 Å². The maximum Gasteiger partial charge on any atom is 0.338 e. The summed E-state index contributed by atoms with van der Waals surface area (Å²) in [5, 5.41) is 3.82. The van der Waals surface area contributed by atoms with Gasteiger partial charge in [0.1, 0.15) is 11.5 Å². The number of thiocarbonyl (C=S) groups is 1. The van der Waals surface area contributed by atoms with Crippen molar-refractivity contribution >= 4 is 58.1 Å². The number of anilines is 1. The molecule has 0 aliphatic rings. The second-order valence-electron chi connectivity index (χ2n) is 7.45. The van der Waals surface area contributed by atoms with E-state index in [4.69, 9.17) is 49.6 Å². The number of nitrogens with one attached hydrogen (secondary N) is 1. The van der Waals surface area contributed by atoms with Gasteiger partial charge in [0.15, 0.2) is 5.11 Å². The molecule has 3 aromatic rings. The molecular formula is C26H24Cl2N2O5S. The predicted octanol–water partition coefficient (Wildman–Crippen LogP) is 5.91. The lowest BCUT2D eigenvalue weighted by Crippen LogP contribution is -2.42. The van der Waals surface area contributed by atoms with Crippen LogP contribution in [0.4, 0.5) is 5.69 Å². The fourth-order valence-corrected chi connectivity index (χ4v) is 4.00. The average Bonchev–Trinajstić information content (AvgIpc) is 2.88. The molecule has 3 aromatic carbocycles. The van der Waals surface area contributed by atoms with Gasteiger partial charge in [-0.05, 0) is 73.2 Å². The van der Waals surface area contributed by atoms with Crippen molar-refractivity contribution in [3.8, 4) is 11.5 Å². The van der Waals surface area contributed by atoms with Crippen LogP contribution in [-0.2, 0) is 11.3 Å². The fraction of sp³-hybridized carbons (Fsp3) is 0.192. The lowest BCUT2D eigenvalue weighted by atomic mass is 10.1. The Labute approximate surface area is 224 Å². The summed E-state index contributed by atoms with van der Waals surface area (Å²) < 4.78 is 15.6. The fourth-order valence-electron chi connectivity index (χ4n) is 3.27. The molecule has 1 N–H and O–H groups in total. The van der Waals surface area contributed by atoms with Crippen LogP contribution in [0, 0.1) is 0 Å². The van der Waals surface area contributed by atoms with E-state index in [9.17, 15) is 9.59 Å². The third-order valence-electron chi connectivity index (χ3n) is 5.11. The van der Waals surface area contributed by atoms with Crippen molar-refractivity contribution in [3.63, 3.8) is 0 Å². The van der Waals surface area contributed by atoms with Crippen LogP contribution < -0.4 is 19.7 Å². The summed E-state index contributed by atoms with van der Waals surface area (Å²) in [6.07, 6.45) is 0. The maximum atomic E-state index is 13.1. The monoisotopic (exact) mass is 546 g/mol. The van der Waals surface area contributed by atoms with Crippen LogP contribution in [-0.4, -0.2) is 37.8 Å². The van der Waals surface area contributed by atoms with Gasteiger partial charge in [-0.15, -0.1) is 0 Å². The highest BCUT2D eigenvalue weighted by molar-refractivity contribution is 7.80. The Bertz CT molecular complexity index is 1250. The van der Waals surface area contributed by atoms with E-state index in [2.05, 4.69) is 5.32 Å². The number of amides is 1. The zero-order valence-corrected chi connectivity index (χ0v) is 22.2. The summed E-state index contributed by atoms with van der Waals surface area (Å²) >= 11 is 18.1. The number of esters is 1. The highest BCUT2D eigenvalue weighted by Crippen LogP contribution is 2.26. The third kappa shape index (κ3) is 6.87. The first-order valence-electron chi connectivity index (χ1n) is 10.8. The number of benzene rings is 3. The second kappa shape index (κ2) is 12.6. The number of halogens is 2. The molecule has 3 rings (SSSR count). The zero-order valence-electron chi connectivity index (χ0n) is 19.8. The highest BCUT2D eigenvalue weighted by atomic mass is 35.5. The maximum absolute atomic E-state index is 13.1. The number of ether oxygens (including phenoxy) is 3. The molecule has 0 radical (unpaired) electrons. The topological polar surface area (TPSA) is 77.1 Å². The Morgan fingerprint density at radius 3 is 2.11 bits per heavy atom. The van der Waals surface area contributed by atoms with Gasteiger partial charge in [0.2, 0.25) is 0 Å². The average molecular weight is 547 g/mol. The quantitative estimate of drug-likeness (QED) is 0.278. The minimum Gasteiger partial charge on any atom is -0.497 e. The number of carbonyl (C=O) groups excluding carboxylic acids is 2. The van der Waals surface area contributed by atoms with Crippen LogP contribution in [0.25, 0.3) is 0 Å². The van der Waals surface area contributed by atoms with E-state index in [1.165, 1.54) is 14.2 Å². The van der Waals surface area contributed by atoms with Crippen LogP contribution in [0.2, 0.25) is 10.0 Å². The Kier molecular flexibility index (Phi) is 9.52. The number of hydrogen-bond acceptors (Lipinski definition) is 6. The third-order valence-corrected chi connectivity index (χ3v) is 6.02. The standard InChI is InChI=1S/C26H24Cl2N2O5S/c1-4-35-25(32)16-6-9-20(10-7-16)30(15-17-5-8-19(27)13-23(17)28)26(36)29-24(31)18-11-21(33-2)14-22(12-18)34-3/h5-14H,4,15H2,1-3H3,(H,29,31,36). The summed E-state index contributed by atoms with van der Waals surface area (Å²) in [5.74, 6) is 0.0429. The minimum absolute atomic E-state index is 0.122. The van der Waals surface area contributed by atoms with Crippen LogP contribution in [0.3, 0.4) is 0 Å². The summed E-state index contributed by atoms with van der Waals surface area (Å²) in [4.78, 5) is 26.8. The smallest absolute Gasteiger partial charge is 0.338 e. The lowest BCUT2D eigenvalue weighted by Gasteiger charge is -2.26. The van der Waals surface area contributed by atoms with E-state index < -0.39 is 11.9 Å². The van der Waals surface area contributed by atoms with Crippen molar-refractivity contribution in [2.24, 2.45) is 0 Å². The van der Waals surface area contributed by atoms with Crippen LogP contribution in [0.1, 0.15) is 33.2 Å². The molecule has 188 valence electrons. The largest absolute Gasteiger partial charge is 0.497 e. The Hall–Kier alpha value is -3.33. The molecule has 0 aliphatic heterocycles. The van der Waals surface area contributed by atoms with Crippen LogP contribution in [0.15, 0.2) is 60.7 Å². The van der Waals surface area contributed by atoms with Gasteiger partial charge < -0.3 is 19.1 Å². The minimum atomic E-state index is -0.451. The second-order valence-corrected chi connectivity index (χ2v) is 8.68. The Morgan fingerprint density at radius 1 is 0.917 bits per heavy atom. The first kappa shape index (κ1) is 27.3. The van der Waals surface area contributed by atoms with Gasteiger partial charge in [-0.2, -0.15) is 0 Å². The molecule has 0 saturated heterocycles. The molecule has 0 atom stereocenters. The first-order valence-corrected chi connectivity index (χ1v) is 12.0. The van der Waals surface area contributed by atoms with Crippen molar-refractivity contribution in [2.75, 3.05) is 25.7 Å². The van der Waals surface area contributed by atoms with Gasteiger partial charge in [-0.25, -0.2) is 4.79 Å². The molecule has 0 aromatic heterocycles. The van der Waals surface area contributed by atoms with Gasteiger partial charge >= 0.3 is 5.97 Å². The SMILES string of the molecule is CCOC(=O)c1ccc(N(Cc2ccc(Cl)cc2Cl)C(=S)NC(=O)c2cc(OC)cc(OC)c2)cc1. The lowest BCUT2D eigenvalue weighted by molar-refractivity contribution is 0.0526. The normalized spacial score (nSPS) is 10.4. The van der Waals surface area contributed by atoms with E-state index in [0.29, 0.717) is 38.4 Å². The van der Waals surface area contributed by atoms with E-state index in [0.717, 1.165) is 5.56 Å². The molecule has 0 unspecified atom stereocenters. The van der Waals surface area contributed by atoms with Gasteiger partial charge in [-0.1, -0.05) is 29.3 Å². The van der Waals surface area contributed by atoms with Gasteiger partial charge in [0, 0.05) is 27.4 Å². The number of nitrogens with zero attached hydrogens (tertiary/aromatic N) is 1. The summed E-state index contributed by atoms with van der Waals surface area (Å²) in [6.45, 7) is 2.24. The molecule has 0 bridgehead atoms. The molecule has 0 saturated carbocycles. The summed E-state index contributed by atoms with van der Waals surface area (Å²) in [5.41, 5.74) is 2.05. The predicted molar refractivity (Wildman–Crippen MR) is 145 cm³/mol. The van der Waals surface area contributed by atoms with Crippen LogP contribution in [0.5, 0.6) is 11.5 Å². The van der Waals surface area contributed by atoms with Crippen molar-refractivity contribution < 1.29 is 23.8 Å². The van der Waals surface area contributed by atoms with E-state index >= 15 is 0 Å². The Morgan fingerprint density at radius 2 is 1.56 bits per heavy atom.